The zero-order valence-corrected chi connectivity index (χ0v) is 18.5. The quantitative estimate of drug-likeness (QED) is 0.353. The van der Waals surface area contributed by atoms with Crippen LogP contribution in [0, 0.1) is 22.7 Å². The van der Waals surface area contributed by atoms with E-state index in [1.165, 1.54) is 0 Å². The summed E-state index contributed by atoms with van der Waals surface area (Å²) in [7, 11) is 0. The average Bonchev–Trinajstić information content (AvgIpc) is 2.91. The second-order valence-electron chi connectivity index (χ2n) is 8.16. The number of hydrogen-bond donors (Lipinski definition) is 0. The Morgan fingerprint density at radius 3 is 2.15 bits per heavy atom. The number of fused-ring (bicyclic) bond motifs is 3. The first-order valence-electron chi connectivity index (χ1n) is 11.1. The lowest BCUT2D eigenvalue weighted by atomic mass is 9.93. The minimum atomic E-state index is -0.539. The molecule has 1 aliphatic heterocycles. The van der Waals surface area contributed by atoms with Crippen LogP contribution in [0.1, 0.15) is 27.8 Å². The Balaban J connectivity index is 1.46. The van der Waals surface area contributed by atoms with Crippen LogP contribution in [0.5, 0.6) is 5.75 Å². The summed E-state index contributed by atoms with van der Waals surface area (Å²) in [5, 5.41) is 19.1. The molecule has 0 fully saturated rings. The van der Waals surface area contributed by atoms with Crippen molar-refractivity contribution in [1.29, 1.82) is 10.5 Å². The number of aliphatic imine (C=N–C) groups is 1. The third kappa shape index (κ3) is 4.31. The molecule has 1 unspecified atom stereocenters. The lowest BCUT2D eigenvalue weighted by Gasteiger charge is -2.22. The van der Waals surface area contributed by atoms with Gasteiger partial charge in [0.25, 0.3) is 0 Å². The monoisotopic (exact) mass is 439 g/mol. The maximum atomic E-state index is 9.93. The summed E-state index contributed by atoms with van der Waals surface area (Å²) in [5.41, 5.74) is 7.49. The molecule has 0 N–H and O–H groups in total. The summed E-state index contributed by atoms with van der Waals surface area (Å²) in [6.07, 6.45) is 0.483. The summed E-state index contributed by atoms with van der Waals surface area (Å²) >= 11 is 0. The molecule has 0 aromatic heterocycles. The van der Waals surface area contributed by atoms with E-state index in [0.717, 1.165) is 44.8 Å². The first kappa shape index (κ1) is 21.2. The highest BCUT2D eigenvalue weighted by atomic mass is 16.5. The maximum absolute atomic E-state index is 9.93. The summed E-state index contributed by atoms with van der Waals surface area (Å²) in [5.74, 6) is 0.793. The molecule has 0 aliphatic carbocycles. The standard InChI is InChI=1S/C30H21N3O/c31-18-22-12-13-27-25(15-22)20-34-29-17-21(11-14-28(27)29)16-26(19-32)33-30(23-7-3-1-4-8-23)24-9-5-2-6-10-24/h1-15,17,26H,16,20H2. The normalized spacial score (nSPS) is 12.2. The number of ether oxygens (including phenoxy) is 1. The lowest BCUT2D eigenvalue weighted by Crippen LogP contribution is -2.13. The molecule has 34 heavy (non-hydrogen) atoms. The number of hydrogen-bond acceptors (Lipinski definition) is 4. The summed E-state index contributed by atoms with van der Waals surface area (Å²) in [6, 6.07) is 35.7. The van der Waals surface area contributed by atoms with Crippen molar-refractivity contribution in [3.63, 3.8) is 0 Å². The van der Waals surface area contributed by atoms with Gasteiger partial charge in [-0.3, -0.25) is 4.99 Å². The van der Waals surface area contributed by atoms with Crippen LogP contribution < -0.4 is 4.74 Å². The Hall–Kier alpha value is -4.67. The molecule has 162 valence electrons. The van der Waals surface area contributed by atoms with Gasteiger partial charge in [0.2, 0.25) is 0 Å². The number of nitriles is 2. The third-order valence-corrected chi connectivity index (χ3v) is 5.91. The van der Waals surface area contributed by atoms with Crippen molar-refractivity contribution >= 4 is 5.71 Å². The minimum Gasteiger partial charge on any atom is -0.488 e. The van der Waals surface area contributed by atoms with E-state index >= 15 is 0 Å². The molecule has 0 spiro atoms. The fourth-order valence-electron chi connectivity index (χ4n) is 4.24. The molecule has 0 bridgehead atoms. The molecular formula is C30H21N3O. The topological polar surface area (TPSA) is 69.2 Å². The molecule has 4 nitrogen and oxygen atoms in total. The average molecular weight is 440 g/mol. The largest absolute Gasteiger partial charge is 0.488 e. The van der Waals surface area contributed by atoms with Crippen LogP contribution in [0.3, 0.4) is 0 Å². The molecule has 0 saturated carbocycles. The molecule has 1 aliphatic rings. The SMILES string of the molecule is N#Cc1ccc2c(c1)COc1cc(CC(C#N)N=C(c3ccccc3)c3ccccc3)ccc1-2. The van der Waals surface area contributed by atoms with Crippen molar-refractivity contribution in [1.82, 2.24) is 0 Å². The van der Waals surface area contributed by atoms with Crippen molar-refractivity contribution in [2.24, 2.45) is 4.99 Å². The molecule has 0 amide bonds. The Morgan fingerprint density at radius 1 is 0.824 bits per heavy atom. The van der Waals surface area contributed by atoms with E-state index in [0.29, 0.717) is 18.6 Å². The molecule has 0 radical (unpaired) electrons. The fraction of sp³-hybridized carbons (Fsp3) is 0.100. The van der Waals surface area contributed by atoms with E-state index in [9.17, 15) is 5.26 Å². The Morgan fingerprint density at radius 2 is 1.50 bits per heavy atom. The van der Waals surface area contributed by atoms with E-state index in [1.807, 2.05) is 97.1 Å². The highest BCUT2D eigenvalue weighted by Gasteiger charge is 2.19. The Bertz CT molecular complexity index is 1400. The molecule has 4 aromatic rings. The van der Waals surface area contributed by atoms with E-state index in [4.69, 9.17) is 15.0 Å². The molecule has 1 atom stereocenters. The van der Waals surface area contributed by atoms with Crippen LogP contribution >= 0.6 is 0 Å². The van der Waals surface area contributed by atoms with Gasteiger partial charge in [0.1, 0.15) is 18.4 Å². The Labute approximate surface area is 199 Å². The van der Waals surface area contributed by atoms with Gasteiger partial charge in [0.05, 0.1) is 23.4 Å². The van der Waals surface area contributed by atoms with E-state index < -0.39 is 6.04 Å². The smallest absolute Gasteiger partial charge is 0.141 e. The van der Waals surface area contributed by atoms with Gasteiger partial charge in [0, 0.05) is 23.1 Å². The van der Waals surface area contributed by atoms with Crippen LogP contribution in [0.4, 0.5) is 0 Å². The van der Waals surface area contributed by atoms with Gasteiger partial charge in [-0.05, 0) is 34.9 Å². The fourth-order valence-corrected chi connectivity index (χ4v) is 4.24. The van der Waals surface area contributed by atoms with Gasteiger partial charge < -0.3 is 4.74 Å². The number of rotatable bonds is 5. The van der Waals surface area contributed by atoms with Crippen LogP contribution in [0.15, 0.2) is 102 Å². The molecule has 4 heteroatoms. The van der Waals surface area contributed by atoms with E-state index in [1.54, 1.807) is 0 Å². The van der Waals surface area contributed by atoms with Gasteiger partial charge in [-0.2, -0.15) is 10.5 Å². The maximum Gasteiger partial charge on any atom is 0.141 e. The van der Waals surface area contributed by atoms with Crippen LogP contribution in [-0.4, -0.2) is 11.8 Å². The van der Waals surface area contributed by atoms with Gasteiger partial charge in [0.15, 0.2) is 0 Å². The minimum absolute atomic E-state index is 0.424. The molecule has 1 heterocycles. The predicted octanol–water partition coefficient (Wildman–Crippen LogP) is 6.09. The molecule has 4 aromatic carbocycles. The highest BCUT2D eigenvalue weighted by Crippen LogP contribution is 2.38. The van der Waals surface area contributed by atoms with Crippen LogP contribution in [0.2, 0.25) is 0 Å². The van der Waals surface area contributed by atoms with Crippen molar-refractivity contribution < 1.29 is 4.74 Å². The molecule has 0 saturated heterocycles. The zero-order chi connectivity index (χ0) is 23.3. The second-order valence-corrected chi connectivity index (χ2v) is 8.16. The summed E-state index contributed by atoms with van der Waals surface area (Å²) < 4.78 is 6.00. The van der Waals surface area contributed by atoms with Crippen molar-refractivity contribution in [3.05, 3.63) is 125 Å². The molecular weight excluding hydrogens is 418 g/mol. The summed E-state index contributed by atoms with van der Waals surface area (Å²) in [6.45, 7) is 0.424. The van der Waals surface area contributed by atoms with Gasteiger partial charge in [-0.15, -0.1) is 0 Å². The van der Waals surface area contributed by atoms with Crippen molar-refractivity contribution in [2.75, 3.05) is 0 Å². The van der Waals surface area contributed by atoms with Gasteiger partial charge >= 0.3 is 0 Å². The van der Waals surface area contributed by atoms with E-state index in [-0.39, 0.29) is 0 Å². The van der Waals surface area contributed by atoms with Crippen molar-refractivity contribution in [2.45, 2.75) is 19.1 Å². The number of benzene rings is 4. The number of nitrogens with zero attached hydrogens (tertiary/aromatic N) is 3. The zero-order valence-electron chi connectivity index (χ0n) is 18.5. The summed E-state index contributed by atoms with van der Waals surface area (Å²) in [4.78, 5) is 4.88. The Kier molecular flexibility index (Phi) is 5.89. The first-order chi connectivity index (χ1) is 16.7. The second kappa shape index (κ2) is 9.45. The highest BCUT2D eigenvalue weighted by molar-refractivity contribution is 6.13. The van der Waals surface area contributed by atoms with Gasteiger partial charge in [-0.25, -0.2) is 0 Å². The van der Waals surface area contributed by atoms with E-state index in [2.05, 4.69) is 12.1 Å². The van der Waals surface area contributed by atoms with Crippen molar-refractivity contribution in [3.8, 4) is 29.0 Å². The van der Waals surface area contributed by atoms with Crippen LogP contribution in [0.25, 0.3) is 11.1 Å². The predicted molar refractivity (Wildman–Crippen MR) is 133 cm³/mol. The van der Waals surface area contributed by atoms with Gasteiger partial charge in [-0.1, -0.05) is 78.9 Å². The third-order valence-electron chi connectivity index (χ3n) is 5.91. The van der Waals surface area contributed by atoms with Crippen LogP contribution in [-0.2, 0) is 13.0 Å². The first-order valence-corrected chi connectivity index (χ1v) is 11.1. The lowest BCUT2D eigenvalue weighted by molar-refractivity contribution is 0.302. The molecule has 5 rings (SSSR count).